The quantitative estimate of drug-likeness (QED) is 0.537. The van der Waals surface area contributed by atoms with Crippen molar-refractivity contribution >= 4 is 45.8 Å². The molecule has 0 aliphatic carbocycles. The molecule has 2 amide bonds. The number of hydrogen-bond donors (Lipinski definition) is 2. The van der Waals surface area contributed by atoms with Gasteiger partial charge in [-0.05, 0) is 55.0 Å². The van der Waals surface area contributed by atoms with E-state index in [1.54, 1.807) is 19.1 Å². The average Bonchev–Trinajstić information content (AvgIpc) is 3.42. The van der Waals surface area contributed by atoms with Crippen LogP contribution in [-0.4, -0.2) is 37.5 Å². The molecule has 0 unspecified atom stereocenters. The highest BCUT2D eigenvalue weighted by Gasteiger charge is 2.18. The van der Waals surface area contributed by atoms with Crippen LogP contribution in [-0.2, 0) is 14.3 Å². The van der Waals surface area contributed by atoms with E-state index < -0.39 is 30.4 Å². The van der Waals surface area contributed by atoms with Gasteiger partial charge in [-0.3, -0.25) is 9.59 Å². The van der Waals surface area contributed by atoms with Crippen molar-refractivity contribution in [3.05, 3.63) is 70.5 Å². The lowest BCUT2D eigenvalue weighted by Crippen LogP contribution is -2.20. The zero-order valence-electron chi connectivity index (χ0n) is 16.6. The van der Waals surface area contributed by atoms with Crippen LogP contribution < -0.4 is 10.6 Å². The maximum atomic E-state index is 12.3. The van der Waals surface area contributed by atoms with E-state index in [9.17, 15) is 19.2 Å². The zero-order valence-corrected chi connectivity index (χ0v) is 17.4. The van der Waals surface area contributed by atoms with Gasteiger partial charge in [0.25, 0.3) is 11.8 Å². The van der Waals surface area contributed by atoms with Crippen LogP contribution in [0.1, 0.15) is 36.1 Å². The van der Waals surface area contributed by atoms with Crippen molar-refractivity contribution in [2.75, 3.05) is 24.4 Å². The SMILES string of the molecule is COC(=O)c1ccc(NC(=O)COC(=O)c2sc(NC(=O)c3ccco3)cc2C)cc1. The summed E-state index contributed by atoms with van der Waals surface area (Å²) < 4.78 is 14.7. The molecule has 3 aromatic rings. The first-order valence-corrected chi connectivity index (χ1v) is 9.79. The van der Waals surface area contributed by atoms with Crippen molar-refractivity contribution in [1.29, 1.82) is 0 Å². The van der Waals surface area contributed by atoms with Gasteiger partial charge in [0.15, 0.2) is 12.4 Å². The van der Waals surface area contributed by atoms with Crippen LogP contribution in [0.3, 0.4) is 0 Å². The van der Waals surface area contributed by atoms with Crippen molar-refractivity contribution in [3.8, 4) is 0 Å². The van der Waals surface area contributed by atoms with Gasteiger partial charge in [0.05, 0.1) is 23.9 Å². The van der Waals surface area contributed by atoms with Crippen LogP contribution >= 0.6 is 11.3 Å². The lowest BCUT2D eigenvalue weighted by Gasteiger charge is -2.07. The van der Waals surface area contributed by atoms with Gasteiger partial charge in [0.2, 0.25) is 0 Å². The predicted octanol–water partition coefficient (Wildman–Crippen LogP) is 3.48. The number of anilines is 2. The Morgan fingerprint density at radius 1 is 1.03 bits per heavy atom. The Kier molecular flexibility index (Phi) is 6.83. The second-order valence-electron chi connectivity index (χ2n) is 6.25. The van der Waals surface area contributed by atoms with Crippen LogP contribution in [0.5, 0.6) is 0 Å². The van der Waals surface area contributed by atoms with Crippen molar-refractivity contribution in [2.45, 2.75) is 6.92 Å². The van der Waals surface area contributed by atoms with E-state index >= 15 is 0 Å². The number of ether oxygens (including phenoxy) is 2. The number of benzene rings is 1. The zero-order chi connectivity index (χ0) is 22.4. The van der Waals surface area contributed by atoms with E-state index in [1.807, 2.05) is 0 Å². The van der Waals surface area contributed by atoms with E-state index in [0.29, 0.717) is 21.8 Å². The van der Waals surface area contributed by atoms with Gasteiger partial charge in [-0.25, -0.2) is 9.59 Å². The Balaban J connectivity index is 1.53. The molecule has 2 N–H and O–H groups in total. The lowest BCUT2D eigenvalue weighted by molar-refractivity contribution is -0.119. The summed E-state index contributed by atoms with van der Waals surface area (Å²) in [4.78, 5) is 48.1. The molecule has 2 heterocycles. The first kappa shape index (κ1) is 21.8. The molecule has 0 fully saturated rings. The second-order valence-corrected chi connectivity index (χ2v) is 7.30. The Hall–Kier alpha value is -3.92. The minimum absolute atomic E-state index is 0.145. The first-order chi connectivity index (χ1) is 14.9. The topological polar surface area (TPSA) is 124 Å². The molecule has 0 saturated heterocycles. The largest absolute Gasteiger partial charge is 0.465 e. The lowest BCUT2D eigenvalue weighted by atomic mass is 10.2. The average molecular weight is 442 g/mol. The summed E-state index contributed by atoms with van der Waals surface area (Å²) in [6.45, 7) is 1.20. The number of methoxy groups -OCH3 is 1. The number of amides is 2. The van der Waals surface area contributed by atoms with Gasteiger partial charge < -0.3 is 24.5 Å². The van der Waals surface area contributed by atoms with Gasteiger partial charge in [-0.2, -0.15) is 0 Å². The predicted molar refractivity (Wildman–Crippen MR) is 112 cm³/mol. The van der Waals surface area contributed by atoms with Gasteiger partial charge in [-0.1, -0.05) is 0 Å². The molecule has 31 heavy (non-hydrogen) atoms. The fourth-order valence-corrected chi connectivity index (χ4v) is 3.49. The van der Waals surface area contributed by atoms with Gasteiger partial charge in [0, 0.05) is 5.69 Å². The maximum absolute atomic E-state index is 12.3. The van der Waals surface area contributed by atoms with E-state index in [2.05, 4.69) is 15.4 Å². The normalized spacial score (nSPS) is 10.3. The highest BCUT2D eigenvalue weighted by molar-refractivity contribution is 7.18. The van der Waals surface area contributed by atoms with Gasteiger partial charge in [0.1, 0.15) is 4.88 Å². The fourth-order valence-electron chi connectivity index (χ4n) is 2.53. The number of carbonyl (C=O) groups excluding carboxylic acids is 4. The Bertz CT molecular complexity index is 1100. The number of furan rings is 1. The Morgan fingerprint density at radius 3 is 2.42 bits per heavy atom. The third kappa shape index (κ3) is 5.58. The Labute approximate surface area is 181 Å². The highest BCUT2D eigenvalue weighted by Crippen LogP contribution is 2.28. The summed E-state index contributed by atoms with van der Waals surface area (Å²) in [6.07, 6.45) is 1.38. The molecule has 0 bridgehead atoms. The molecular weight excluding hydrogens is 424 g/mol. The number of nitrogens with one attached hydrogen (secondary N) is 2. The summed E-state index contributed by atoms with van der Waals surface area (Å²) in [5, 5.41) is 5.65. The summed E-state index contributed by atoms with van der Waals surface area (Å²) in [6, 6.07) is 10.8. The van der Waals surface area contributed by atoms with Crippen LogP contribution in [0.4, 0.5) is 10.7 Å². The monoisotopic (exact) mass is 442 g/mol. The number of aryl methyl sites for hydroxylation is 1. The molecule has 10 heteroatoms. The maximum Gasteiger partial charge on any atom is 0.349 e. The number of rotatable bonds is 7. The molecule has 0 aliphatic heterocycles. The smallest absolute Gasteiger partial charge is 0.349 e. The van der Waals surface area contributed by atoms with Crippen LogP contribution in [0.2, 0.25) is 0 Å². The van der Waals surface area contributed by atoms with E-state index in [1.165, 1.54) is 43.7 Å². The third-order valence-electron chi connectivity index (χ3n) is 4.01. The summed E-state index contributed by atoms with van der Waals surface area (Å²) in [5.74, 6) is -2.01. The highest BCUT2D eigenvalue weighted by atomic mass is 32.1. The number of hydrogen-bond acceptors (Lipinski definition) is 8. The first-order valence-electron chi connectivity index (χ1n) is 8.98. The van der Waals surface area contributed by atoms with E-state index in [-0.39, 0.29) is 10.6 Å². The number of thiophene rings is 1. The molecule has 0 saturated carbocycles. The minimum Gasteiger partial charge on any atom is -0.465 e. The minimum atomic E-state index is -0.683. The van der Waals surface area contributed by atoms with E-state index in [4.69, 9.17) is 9.15 Å². The fraction of sp³-hybridized carbons (Fsp3) is 0.143. The van der Waals surface area contributed by atoms with Crippen molar-refractivity contribution in [2.24, 2.45) is 0 Å². The summed E-state index contributed by atoms with van der Waals surface area (Å²) in [5.41, 5.74) is 1.38. The Morgan fingerprint density at radius 2 is 1.77 bits per heavy atom. The van der Waals surface area contributed by atoms with Crippen LogP contribution in [0.25, 0.3) is 0 Å². The van der Waals surface area contributed by atoms with Crippen molar-refractivity contribution in [3.63, 3.8) is 0 Å². The molecular formula is C21H18N2O7S. The number of carbonyl (C=O) groups is 4. The molecule has 0 aliphatic rings. The standard InChI is InChI=1S/C21H18N2O7S/c1-12-10-17(23-19(25)15-4-3-9-29-15)31-18(12)21(27)30-11-16(24)22-14-7-5-13(6-8-14)20(26)28-2/h3-10H,11H2,1-2H3,(H,22,24)(H,23,25). The van der Waals surface area contributed by atoms with Gasteiger partial charge >= 0.3 is 11.9 Å². The van der Waals surface area contributed by atoms with Crippen molar-refractivity contribution in [1.82, 2.24) is 0 Å². The molecule has 0 spiro atoms. The molecule has 3 rings (SSSR count). The molecule has 9 nitrogen and oxygen atoms in total. The summed E-state index contributed by atoms with van der Waals surface area (Å²) >= 11 is 1.03. The van der Waals surface area contributed by atoms with Crippen LogP contribution in [0, 0.1) is 6.92 Å². The van der Waals surface area contributed by atoms with Gasteiger partial charge in [-0.15, -0.1) is 11.3 Å². The third-order valence-corrected chi connectivity index (χ3v) is 5.14. The van der Waals surface area contributed by atoms with E-state index in [0.717, 1.165) is 11.3 Å². The molecule has 1 aromatic carbocycles. The number of esters is 2. The summed E-state index contributed by atoms with van der Waals surface area (Å²) in [7, 11) is 1.28. The molecule has 2 aromatic heterocycles. The molecule has 160 valence electrons. The molecule has 0 radical (unpaired) electrons. The van der Waals surface area contributed by atoms with Crippen molar-refractivity contribution < 1.29 is 33.1 Å². The van der Waals surface area contributed by atoms with Crippen LogP contribution in [0.15, 0.2) is 53.1 Å². The molecule has 0 atom stereocenters. The second kappa shape index (κ2) is 9.72.